The Kier molecular flexibility index (Phi) is 5.16. The number of carbonyl (C=O) groups is 2. The van der Waals surface area contributed by atoms with Crippen LogP contribution in [0, 0.1) is 11.3 Å². The van der Waals surface area contributed by atoms with Crippen molar-refractivity contribution < 1.29 is 9.59 Å². The molecule has 126 valence electrons. The van der Waals surface area contributed by atoms with E-state index in [4.69, 9.17) is 0 Å². The summed E-state index contributed by atoms with van der Waals surface area (Å²) < 4.78 is 0. The molecule has 2 aromatic rings. The van der Waals surface area contributed by atoms with E-state index in [1.165, 1.54) is 17.6 Å². The van der Waals surface area contributed by atoms with E-state index in [0.717, 1.165) is 36.1 Å². The van der Waals surface area contributed by atoms with Crippen molar-refractivity contribution in [3.63, 3.8) is 0 Å². The van der Waals surface area contributed by atoms with Gasteiger partial charge in [0.25, 0.3) is 0 Å². The number of hydrogen-bond donors (Lipinski definition) is 2. The van der Waals surface area contributed by atoms with Crippen LogP contribution in [0.25, 0.3) is 0 Å². The summed E-state index contributed by atoms with van der Waals surface area (Å²) in [6.45, 7) is 0. The molecule has 0 unspecified atom stereocenters. The molecule has 0 aromatic carbocycles. The zero-order chi connectivity index (χ0) is 17.6. The SMILES string of the molecule is N#Cc1c(NC(=O)C(=O)NN=Cc2cccnc2)sc2c1CCCC2. The maximum Gasteiger partial charge on any atom is 0.329 e. The Morgan fingerprint density at radius 1 is 1.32 bits per heavy atom. The van der Waals surface area contributed by atoms with Crippen molar-refractivity contribution in [2.75, 3.05) is 5.32 Å². The van der Waals surface area contributed by atoms with Crippen LogP contribution >= 0.6 is 11.3 Å². The first kappa shape index (κ1) is 16.8. The van der Waals surface area contributed by atoms with Crippen LogP contribution in [0.4, 0.5) is 5.00 Å². The first-order valence-corrected chi connectivity index (χ1v) is 8.59. The van der Waals surface area contributed by atoms with Crippen molar-refractivity contribution in [3.8, 4) is 6.07 Å². The third-order valence-electron chi connectivity index (χ3n) is 3.78. The fraction of sp³-hybridized carbons (Fsp3) is 0.235. The Hall–Kier alpha value is -3.05. The molecule has 0 saturated carbocycles. The molecule has 0 fully saturated rings. The van der Waals surface area contributed by atoms with Gasteiger partial charge in [-0.25, -0.2) is 5.43 Å². The highest BCUT2D eigenvalue weighted by atomic mass is 32.1. The zero-order valence-electron chi connectivity index (χ0n) is 13.3. The average molecular weight is 353 g/mol. The summed E-state index contributed by atoms with van der Waals surface area (Å²) in [7, 11) is 0. The van der Waals surface area contributed by atoms with Crippen LogP contribution in [-0.2, 0) is 22.4 Å². The van der Waals surface area contributed by atoms with Gasteiger partial charge in [0.15, 0.2) is 0 Å². The fourth-order valence-corrected chi connectivity index (χ4v) is 3.84. The van der Waals surface area contributed by atoms with E-state index >= 15 is 0 Å². The second kappa shape index (κ2) is 7.68. The number of thiophene rings is 1. The highest BCUT2D eigenvalue weighted by molar-refractivity contribution is 7.16. The number of hydrogen-bond acceptors (Lipinski definition) is 6. The average Bonchev–Trinajstić information content (AvgIpc) is 2.99. The van der Waals surface area contributed by atoms with Crippen LogP contribution in [-0.4, -0.2) is 23.0 Å². The number of amides is 2. The summed E-state index contributed by atoms with van der Waals surface area (Å²) in [4.78, 5) is 28.9. The van der Waals surface area contributed by atoms with Gasteiger partial charge in [0, 0.05) is 22.8 Å². The summed E-state index contributed by atoms with van der Waals surface area (Å²) in [6.07, 6.45) is 8.45. The monoisotopic (exact) mass is 353 g/mol. The van der Waals surface area contributed by atoms with Gasteiger partial charge in [-0.2, -0.15) is 10.4 Å². The van der Waals surface area contributed by atoms with Crippen molar-refractivity contribution in [2.45, 2.75) is 25.7 Å². The number of fused-ring (bicyclic) bond motifs is 1. The van der Waals surface area contributed by atoms with Crippen molar-refractivity contribution in [1.29, 1.82) is 5.26 Å². The number of hydrazone groups is 1. The van der Waals surface area contributed by atoms with Gasteiger partial charge < -0.3 is 5.32 Å². The highest BCUT2D eigenvalue weighted by Gasteiger charge is 2.23. The number of nitriles is 1. The first-order valence-electron chi connectivity index (χ1n) is 7.78. The van der Waals surface area contributed by atoms with Crippen LogP contribution in [0.1, 0.15) is 34.4 Å². The number of anilines is 1. The van der Waals surface area contributed by atoms with E-state index in [1.54, 1.807) is 24.5 Å². The number of nitrogens with zero attached hydrogens (tertiary/aromatic N) is 3. The van der Waals surface area contributed by atoms with Gasteiger partial charge in [0.2, 0.25) is 0 Å². The molecule has 1 aliphatic carbocycles. The molecule has 0 saturated heterocycles. The van der Waals surface area contributed by atoms with Gasteiger partial charge in [0.1, 0.15) is 11.1 Å². The molecule has 2 heterocycles. The maximum atomic E-state index is 12.0. The molecule has 0 atom stereocenters. The van der Waals surface area contributed by atoms with Crippen molar-refractivity contribution in [1.82, 2.24) is 10.4 Å². The highest BCUT2D eigenvalue weighted by Crippen LogP contribution is 2.37. The number of carbonyl (C=O) groups excluding carboxylic acids is 2. The smallest absolute Gasteiger partial charge is 0.308 e. The van der Waals surface area contributed by atoms with Crippen molar-refractivity contribution in [2.24, 2.45) is 5.10 Å². The lowest BCUT2D eigenvalue weighted by Crippen LogP contribution is -2.32. The van der Waals surface area contributed by atoms with Crippen LogP contribution in [0.5, 0.6) is 0 Å². The molecule has 25 heavy (non-hydrogen) atoms. The lowest BCUT2D eigenvalue weighted by Gasteiger charge is -2.09. The van der Waals surface area contributed by atoms with E-state index in [2.05, 4.69) is 26.9 Å². The van der Waals surface area contributed by atoms with Crippen molar-refractivity contribution in [3.05, 3.63) is 46.1 Å². The Morgan fingerprint density at radius 3 is 2.92 bits per heavy atom. The first-order chi connectivity index (χ1) is 12.2. The standard InChI is InChI=1S/C17H15N5O2S/c18-8-13-12-5-1-2-6-14(12)25-17(13)21-15(23)16(24)22-20-10-11-4-3-7-19-9-11/h3-4,7,9-10H,1-2,5-6H2,(H,21,23)(H,22,24). The molecule has 2 amide bonds. The minimum Gasteiger partial charge on any atom is -0.308 e. The zero-order valence-corrected chi connectivity index (χ0v) is 14.1. The number of pyridine rings is 1. The predicted octanol–water partition coefficient (Wildman–Crippen LogP) is 1.98. The van der Waals surface area contributed by atoms with Gasteiger partial charge in [-0.05, 0) is 37.3 Å². The molecule has 8 heteroatoms. The number of aromatic nitrogens is 1. The molecule has 0 spiro atoms. The van der Waals surface area contributed by atoms with Gasteiger partial charge >= 0.3 is 11.8 Å². The second-order valence-corrected chi connectivity index (χ2v) is 6.57. The van der Waals surface area contributed by atoms with Crippen LogP contribution in [0.2, 0.25) is 0 Å². The molecule has 2 aromatic heterocycles. The molecule has 0 aliphatic heterocycles. The summed E-state index contributed by atoms with van der Waals surface area (Å²) in [5.74, 6) is -1.74. The topological polar surface area (TPSA) is 107 Å². The largest absolute Gasteiger partial charge is 0.329 e. The van der Waals surface area contributed by atoms with Gasteiger partial charge in [-0.3, -0.25) is 14.6 Å². The summed E-state index contributed by atoms with van der Waals surface area (Å²) in [5, 5.41) is 16.0. The van der Waals surface area contributed by atoms with E-state index in [9.17, 15) is 14.9 Å². The minimum absolute atomic E-state index is 0.436. The molecular formula is C17H15N5O2S. The molecule has 3 rings (SSSR count). The Balaban J connectivity index is 1.64. The predicted molar refractivity (Wildman–Crippen MR) is 94.3 cm³/mol. The van der Waals surface area contributed by atoms with Crippen LogP contribution < -0.4 is 10.7 Å². The van der Waals surface area contributed by atoms with Crippen LogP contribution in [0.15, 0.2) is 29.6 Å². The maximum absolute atomic E-state index is 12.0. The molecule has 0 radical (unpaired) electrons. The summed E-state index contributed by atoms with van der Waals surface area (Å²) >= 11 is 1.37. The lowest BCUT2D eigenvalue weighted by molar-refractivity contribution is -0.136. The van der Waals surface area contributed by atoms with Gasteiger partial charge in [0.05, 0.1) is 11.8 Å². The molecule has 2 N–H and O–H groups in total. The number of aryl methyl sites for hydroxylation is 1. The fourth-order valence-electron chi connectivity index (χ4n) is 2.60. The molecular weight excluding hydrogens is 338 g/mol. The van der Waals surface area contributed by atoms with Gasteiger partial charge in [-0.1, -0.05) is 6.07 Å². The number of nitrogens with one attached hydrogen (secondary N) is 2. The van der Waals surface area contributed by atoms with Crippen LogP contribution in [0.3, 0.4) is 0 Å². The molecule has 1 aliphatic rings. The lowest BCUT2D eigenvalue weighted by atomic mass is 9.96. The van der Waals surface area contributed by atoms with Crippen molar-refractivity contribution >= 4 is 34.4 Å². The minimum atomic E-state index is -0.893. The quantitative estimate of drug-likeness (QED) is 0.500. The number of rotatable bonds is 3. The Morgan fingerprint density at radius 2 is 2.16 bits per heavy atom. The van der Waals surface area contributed by atoms with E-state index in [0.29, 0.717) is 16.1 Å². The Labute approximate surface area is 148 Å². The molecule has 7 nitrogen and oxygen atoms in total. The molecule has 0 bridgehead atoms. The third kappa shape index (κ3) is 3.89. The normalized spacial score (nSPS) is 13.1. The summed E-state index contributed by atoms with van der Waals surface area (Å²) in [6, 6.07) is 5.64. The van der Waals surface area contributed by atoms with E-state index in [1.807, 2.05) is 0 Å². The summed E-state index contributed by atoms with van der Waals surface area (Å²) in [5.41, 5.74) is 4.33. The van der Waals surface area contributed by atoms with Gasteiger partial charge in [-0.15, -0.1) is 11.3 Å². The van der Waals surface area contributed by atoms with E-state index < -0.39 is 11.8 Å². The van der Waals surface area contributed by atoms with E-state index in [-0.39, 0.29) is 0 Å². The Bertz CT molecular complexity index is 867. The second-order valence-electron chi connectivity index (χ2n) is 5.47. The third-order valence-corrected chi connectivity index (χ3v) is 4.99.